The van der Waals surface area contributed by atoms with E-state index < -0.39 is 18.5 Å². The van der Waals surface area contributed by atoms with E-state index in [0.717, 1.165) is 0 Å². The Morgan fingerprint density at radius 2 is 1.96 bits per heavy atom. The van der Waals surface area contributed by atoms with E-state index in [1.165, 1.54) is 23.3 Å². The number of ether oxygens (including phenoxy) is 1. The molecule has 27 heavy (non-hydrogen) atoms. The summed E-state index contributed by atoms with van der Waals surface area (Å²) < 4.78 is 6.29. The topological polar surface area (TPSA) is 149 Å². The van der Waals surface area contributed by atoms with Crippen LogP contribution < -0.4 is 11.1 Å². The molecule has 3 aromatic rings. The van der Waals surface area contributed by atoms with Gasteiger partial charge in [-0.25, -0.2) is 19.4 Å². The number of rotatable bonds is 5. The Hall–Kier alpha value is -4.26. The van der Waals surface area contributed by atoms with Gasteiger partial charge >= 0.3 is 5.97 Å². The van der Waals surface area contributed by atoms with Crippen molar-refractivity contribution in [2.75, 3.05) is 17.7 Å². The van der Waals surface area contributed by atoms with Gasteiger partial charge in [-0.1, -0.05) is 18.2 Å². The molecule has 0 atom stereocenters. The normalized spacial score (nSPS) is 10.0. The number of para-hydroxylation sites is 1. The summed E-state index contributed by atoms with van der Waals surface area (Å²) in [4.78, 5) is 31.6. The monoisotopic (exact) mass is 363 g/mol. The molecule has 0 spiro atoms. The van der Waals surface area contributed by atoms with Crippen LogP contribution in [0.5, 0.6) is 0 Å². The number of hydrogen-bond donors (Lipinski definition) is 2. The van der Waals surface area contributed by atoms with E-state index in [2.05, 4.69) is 20.4 Å². The number of hydrogen-bond acceptors (Lipinski definition) is 8. The summed E-state index contributed by atoms with van der Waals surface area (Å²) in [6, 6.07) is 10.9. The SMILES string of the molecule is N#Cc1cnn(-c2ccccc2)c1NC(=O)COC(=O)c1nccnc1N. The fraction of sp³-hybridized carbons (Fsp3) is 0.0588. The number of carbonyl (C=O) groups excluding carboxylic acids is 2. The van der Waals surface area contributed by atoms with E-state index in [9.17, 15) is 14.9 Å². The molecule has 0 aliphatic heterocycles. The minimum Gasteiger partial charge on any atom is -0.451 e. The molecule has 0 bridgehead atoms. The van der Waals surface area contributed by atoms with Gasteiger partial charge in [-0.2, -0.15) is 10.4 Å². The summed E-state index contributed by atoms with van der Waals surface area (Å²) in [5.41, 5.74) is 6.17. The summed E-state index contributed by atoms with van der Waals surface area (Å²) in [5.74, 6) is -1.46. The van der Waals surface area contributed by atoms with Gasteiger partial charge in [0.25, 0.3) is 5.91 Å². The van der Waals surface area contributed by atoms with Crippen LogP contribution in [0.15, 0.2) is 48.9 Å². The van der Waals surface area contributed by atoms with Crippen molar-refractivity contribution in [1.82, 2.24) is 19.7 Å². The highest BCUT2D eigenvalue weighted by Gasteiger charge is 2.18. The zero-order chi connectivity index (χ0) is 19.2. The third-order valence-electron chi connectivity index (χ3n) is 3.40. The van der Waals surface area contributed by atoms with Crippen molar-refractivity contribution in [3.8, 4) is 11.8 Å². The van der Waals surface area contributed by atoms with Crippen molar-refractivity contribution in [3.63, 3.8) is 0 Å². The number of nitrogens with one attached hydrogen (secondary N) is 1. The summed E-state index contributed by atoms with van der Waals surface area (Å²) >= 11 is 0. The van der Waals surface area contributed by atoms with Crippen LogP contribution in [0.1, 0.15) is 16.1 Å². The first-order valence-electron chi connectivity index (χ1n) is 7.67. The van der Waals surface area contributed by atoms with Crippen LogP contribution >= 0.6 is 0 Å². The Morgan fingerprint density at radius 1 is 1.22 bits per heavy atom. The van der Waals surface area contributed by atoms with Crippen LogP contribution in [-0.2, 0) is 9.53 Å². The van der Waals surface area contributed by atoms with Crippen LogP contribution in [-0.4, -0.2) is 38.2 Å². The van der Waals surface area contributed by atoms with E-state index in [1.54, 1.807) is 24.3 Å². The first-order chi connectivity index (χ1) is 13.1. The minimum atomic E-state index is -0.882. The second-order valence-electron chi connectivity index (χ2n) is 5.18. The van der Waals surface area contributed by atoms with Crippen LogP contribution in [0, 0.1) is 11.3 Å². The molecule has 3 N–H and O–H groups in total. The molecule has 10 heteroatoms. The number of nitrogens with two attached hydrogens (primary N) is 1. The molecule has 134 valence electrons. The van der Waals surface area contributed by atoms with Crippen molar-refractivity contribution in [2.45, 2.75) is 0 Å². The molecule has 0 unspecified atom stereocenters. The molecule has 2 aromatic heterocycles. The van der Waals surface area contributed by atoms with E-state index in [0.29, 0.717) is 5.69 Å². The lowest BCUT2D eigenvalue weighted by molar-refractivity contribution is -0.119. The summed E-state index contributed by atoms with van der Waals surface area (Å²) in [5, 5.41) is 15.8. The predicted molar refractivity (Wildman–Crippen MR) is 93.6 cm³/mol. The van der Waals surface area contributed by atoms with Crippen LogP contribution in [0.2, 0.25) is 0 Å². The van der Waals surface area contributed by atoms with Gasteiger partial charge in [0.1, 0.15) is 11.6 Å². The molecule has 1 amide bonds. The molecule has 3 rings (SSSR count). The number of anilines is 2. The molecule has 1 aromatic carbocycles. The van der Waals surface area contributed by atoms with Gasteiger partial charge < -0.3 is 15.8 Å². The van der Waals surface area contributed by atoms with E-state index in [-0.39, 0.29) is 22.9 Å². The quantitative estimate of drug-likeness (QED) is 0.635. The first kappa shape index (κ1) is 17.6. The third kappa shape index (κ3) is 3.88. The van der Waals surface area contributed by atoms with Crippen LogP contribution in [0.25, 0.3) is 5.69 Å². The van der Waals surface area contributed by atoms with Crippen molar-refractivity contribution < 1.29 is 14.3 Å². The largest absolute Gasteiger partial charge is 0.451 e. The Kier molecular flexibility index (Phi) is 5.04. The minimum absolute atomic E-state index is 0.100. The average Bonchev–Trinajstić information content (AvgIpc) is 3.09. The summed E-state index contributed by atoms with van der Waals surface area (Å²) in [7, 11) is 0. The predicted octanol–water partition coefficient (Wildman–Crippen LogP) is 0.912. The molecule has 0 radical (unpaired) electrons. The third-order valence-corrected chi connectivity index (χ3v) is 3.40. The lowest BCUT2D eigenvalue weighted by Crippen LogP contribution is -2.23. The van der Waals surface area contributed by atoms with Gasteiger partial charge in [0.05, 0.1) is 11.9 Å². The lowest BCUT2D eigenvalue weighted by Gasteiger charge is -2.10. The number of nitrogens with zero attached hydrogens (tertiary/aromatic N) is 5. The number of nitrogen functional groups attached to an aromatic ring is 1. The fourth-order valence-corrected chi connectivity index (χ4v) is 2.19. The highest BCUT2D eigenvalue weighted by molar-refractivity contribution is 5.96. The second-order valence-corrected chi connectivity index (χ2v) is 5.18. The smallest absolute Gasteiger partial charge is 0.361 e. The number of aromatic nitrogens is 4. The van der Waals surface area contributed by atoms with E-state index in [4.69, 9.17) is 10.5 Å². The standard InChI is InChI=1S/C17H13N7O3/c18-8-11-9-22-24(12-4-2-1-3-5-12)16(11)23-13(25)10-27-17(26)14-15(19)21-7-6-20-14/h1-7,9H,10H2,(H2,19,21)(H,23,25). The highest BCUT2D eigenvalue weighted by Crippen LogP contribution is 2.19. The van der Waals surface area contributed by atoms with Crippen LogP contribution in [0.3, 0.4) is 0 Å². The zero-order valence-electron chi connectivity index (χ0n) is 13.9. The molecular formula is C17H13N7O3. The van der Waals surface area contributed by atoms with Gasteiger partial charge in [-0.3, -0.25) is 4.79 Å². The molecule has 0 fully saturated rings. The Labute approximate surface area is 153 Å². The van der Waals surface area contributed by atoms with Gasteiger partial charge in [-0.15, -0.1) is 0 Å². The van der Waals surface area contributed by atoms with E-state index >= 15 is 0 Å². The second kappa shape index (κ2) is 7.75. The van der Waals surface area contributed by atoms with Crippen molar-refractivity contribution in [3.05, 3.63) is 60.2 Å². The van der Waals surface area contributed by atoms with Gasteiger partial charge in [-0.05, 0) is 12.1 Å². The van der Waals surface area contributed by atoms with Crippen LogP contribution in [0.4, 0.5) is 11.6 Å². The van der Waals surface area contributed by atoms with E-state index in [1.807, 2.05) is 12.1 Å². The van der Waals surface area contributed by atoms with Gasteiger partial charge in [0.15, 0.2) is 23.9 Å². The molecule has 10 nitrogen and oxygen atoms in total. The maximum atomic E-state index is 12.2. The highest BCUT2D eigenvalue weighted by atomic mass is 16.5. The molecule has 0 aliphatic carbocycles. The number of carbonyl (C=O) groups is 2. The molecule has 0 saturated carbocycles. The molecule has 0 aliphatic rings. The Balaban J connectivity index is 1.71. The first-order valence-corrected chi connectivity index (χ1v) is 7.67. The van der Waals surface area contributed by atoms with Crippen molar-refractivity contribution in [2.24, 2.45) is 0 Å². The summed E-state index contributed by atoms with van der Waals surface area (Å²) in [6.45, 7) is -0.598. The van der Waals surface area contributed by atoms with Gasteiger partial charge in [0, 0.05) is 12.4 Å². The maximum Gasteiger partial charge on any atom is 0.361 e. The molecule has 0 saturated heterocycles. The fourth-order valence-electron chi connectivity index (χ4n) is 2.19. The number of amides is 1. The molecular weight excluding hydrogens is 350 g/mol. The Bertz CT molecular complexity index is 1020. The number of benzene rings is 1. The zero-order valence-corrected chi connectivity index (χ0v) is 13.9. The number of nitriles is 1. The Morgan fingerprint density at radius 3 is 2.67 bits per heavy atom. The number of esters is 1. The maximum absolute atomic E-state index is 12.2. The van der Waals surface area contributed by atoms with Gasteiger partial charge in [0.2, 0.25) is 0 Å². The van der Waals surface area contributed by atoms with Crippen molar-refractivity contribution in [1.29, 1.82) is 5.26 Å². The average molecular weight is 363 g/mol. The van der Waals surface area contributed by atoms with Crippen molar-refractivity contribution >= 4 is 23.5 Å². The summed E-state index contributed by atoms with van der Waals surface area (Å²) in [6.07, 6.45) is 3.94. The lowest BCUT2D eigenvalue weighted by atomic mass is 10.3. The molecule has 2 heterocycles.